The van der Waals surface area contributed by atoms with Gasteiger partial charge in [-0.3, -0.25) is 0 Å². The molecule has 20 heavy (non-hydrogen) atoms. The van der Waals surface area contributed by atoms with Gasteiger partial charge >= 0.3 is 5.69 Å². The van der Waals surface area contributed by atoms with Crippen LogP contribution in [0.15, 0.2) is 27.9 Å². The number of imidazole rings is 1. The van der Waals surface area contributed by atoms with Gasteiger partial charge in [-0.2, -0.15) is 0 Å². The van der Waals surface area contributed by atoms with E-state index in [0.29, 0.717) is 11.0 Å². The summed E-state index contributed by atoms with van der Waals surface area (Å²) < 4.78 is 27.3. The molecule has 7 nitrogen and oxygen atoms in total. The molecule has 1 fully saturated rings. The normalized spacial score (nSPS) is 17.6. The van der Waals surface area contributed by atoms with E-state index in [4.69, 9.17) is 0 Å². The second kappa shape index (κ2) is 5.04. The summed E-state index contributed by atoms with van der Waals surface area (Å²) in [7, 11) is -3.56. The predicted molar refractivity (Wildman–Crippen MR) is 75.1 cm³/mol. The number of sulfonamides is 1. The number of aromatic nitrogens is 2. The number of piperidine rings is 1. The van der Waals surface area contributed by atoms with Crippen molar-refractivity contribution >= 4 is 21.1 Å². The van der Waals surface area contributed by atoms with Crippen LogP contribution < -0.4 is 15.7 Å². The Kier molecular flexibility index (Phi) is 3.36. The lowest BCUT2D eigenvalue weighted by molar-refractivity contribution is 0.427. The first kappa shape index (κ1) is 13.3. The third kappa shape index (κ3) is 2.62. The Morgan fingerprint density at radius 2 is 1.80 bits per heavy atom. The van der Waals surface area contributed by atoms with Gasteiger partial charge in [0.15, 0.2) is 0 Å². The number of hydrogen-bond donors (Lipinski definition) is 4. The first-order chi connectivity index (χ1) is 9.54. The van der Waals surface area contributed by atoms with E-state index in [2.05, 4.69) is 20.0 Å². The number of benzene rings is 1. The maximum atomic E-state index is 12.3. The van der Waals surface area contributed by atoms with Crippen LogP contribution in [-0.4, -0.2) is 37.5 Å². The lowest BCUT2D eigenvalue weighted by Crippen LogP contribution is -2.42. The van der Waals surface area contributed by atoms with Crippen molar-refractivity contribution in [1.82, 2.24) is 20.0 Å². The van der Waals surface area contributed by atoms with Crippen molar-refractivity contribution < 1.29 is 8.42 Å². The van der Waals surface area contributed by atoms with Gasteiger partial charge in [-0.1, -0.05) is 0 Å². The zero-order valence-corrected chi connectivity index (χ0v) is 11.6. The van der Waals surface area contributed by atoms with Gasteiger partial charge < -0.3 is 15.3 Å². The maximum absolute atomic E-state index is 12.3. The van der Waals surface area contributed by atoms with E-state index in [1.54, 1.807) is 6.07 Å². The number of nitrogens with one attached hydrogen (secondary N) is 4. The highest BCUT2D eigenvalue weighted by Crippen LogP contribution is 2.16. The minimum Gasteiger partial charge on any atom is -0.317 e. The molecule has 0 bridgehead atoms. The van der Waals surface area contributed by atoms with Gasteiger partial charge in [0.25, 0.3) is 0 Å². The Hall–Kier alpha value is -1.64. The molecule has 2 aromatic rings. The van der Waals surface area contributed by atoms with Crippen LogP contribution >= 0.6 is 0 Å². The number of aromatic amines is 2. The summed E-state index contributed by atoms with van der Waals surface area (Å²) in [6.45, 7) is 1.63. The first-order valence-corrected chi connectivity index (χ1v) is 7.98. The van der Waals surface area contributed by atoms with Crippen LogP contribution in [0.4, 0.5) is 0 Å². The zero-order chi connectivity index (χ0) is 14.2. The smallest absolute Gasteiger partial charge is 0.317 e. The molecule has 4 N–H and O–H groups in total. The van der Waals surface area contributed by atoms with Gasteiger partial charge in [-0.05, 0) is 44.1 Å². The molecular formula is C12H16N4O3S. The highest BCUT2D eigenvalue weighted by Gasteiger charge is 2.22. The van der Waals surface area contributed by atoms with E-state index in [0.717, 1.165) is 25.9 Å². The Morgan fingerprint density at radius 3 is 2.55 bits per heavy atom. The van der Waals surface area contributed by atoms with E-state index < -0.39 is 10.0 Å². The molecular weight excluding hydrogens is 280 g/mol. The molecule has 0 atom stereocenters. The van der Waals surface area contributed by atoms with Gasteiger partial charge in [0, 0.05) is 6.04 Å². The highest BCUT2D eigenvalue weighted by molar-refractivity contribution is 7.89. The molecule has 0 aliphatic carbocycles. The zero-order valence-electron chi connectivity index (χ0n) is 10.8. The molecule has 0 spiro atoms. The van der Waals surface area contributed by atoms with Crippen LogP contribution in [0, 0.1) is 0 Å². The number of rotatable bonds is 3. The Morgan fingerprint density at radius 1 is 1.10 bits per heavy atom. The third-order valence-electron chi connectivity index (χ3n) is 3.46. The molecule has 1 aliphatic rings. The van der Waals surface area contributed by atoms with Crippen molar-refractivity contribution in [2.24, 2.45) is 0 Å². The molecule has 0 amide bonds. The SMILES string of the molecule is O=c1[nH]c2ccc(S(=O)(=O)NC3CCNCC3)cc2[nH]1. The number of H-pyrrole nitrogens is 2. The molecule has 3 rings (SSSR count). The monoisotopic (exact) mass is 296 g/mol. The van der Waals surface area contributed by atoms with Gasteiger partial charge in [-0.15, -0.1) is 0 Å². The minimum absolute atomic E-state index is 0.0396. The van der Waals surface area contributed by atoms with Crippen LogP contribution in [0.3, 0.4) is 0 Å². The van der Waals surface area contributed by atoms with E-state index in [1.165, 1.54) is 12.1 Å². The van der Waals surface area contributed by atoms with E-state index in [1.807, 2.05) is 0 Å². The molecule has 0 radical (unpaired) electrons. The van der Waals surface area contributed by atoms with Crippen molar-refractivity contribution in [3.63, 3.8) is 0 Å². The van der Waals surface area contributed by atoms with Crippen LogP contribution in [0.25, 0.3) is 11.0 Å². The van der Waals surface area contributed by atoms with Crippen LogP contribution in [0.5, 0.6) is 0 Å². The summed E-state index contributed by atoms with van der Waals surface area (Å²) in [6, 6.07) is 4.51. The van der Waals surface area contributed by atoms with Crippen LogP contribution in [0.1, 0.15) is 12.8 Å². The summed E-state index contributed by atoms with van der Waals surface area (Å²) in [5.74, 6) is 0. The summed E-state index contributed by atoms with van der Waals surface area (Å²) in [5.41, 5.74) is 0.736. The van der Waals surface area contributed by atoms with Crippen molar-refractivity contribution in [2.45, 2.75) is 23.8 Å². The second-order valence-corrected chi connectivity index (χ2v) is 6.65. The first-order valence-electron chi connectivity index (χ1n) is 6.50. The fourth-order valence-electron chi connectivity index (χ4n) is 2.41. The molecule has 1 saturated heterocycles. The van der Waals surface area contributed by atoms with Crippen molar-refractivity contribution in [1.29, 1.82) is 0 Å². The van der Waals surface area contributed by atoms with Crippen molar-refractivity contribution in [3.8, 4) is 0 Å². The molecule has 8 heteroatoms. The van der Waals surface area contributed by atoms with Crippen molar-refractivity contribution in [3.05, 3.63) is 28.7 Å². The van der Waals surface area contributed by atoms with Gasteiger partial charge in [0.1, 0.15) is 0 Å². The van der Waals surface area contributed by atoms with Gasteiger partial charge in [0.2, 0.25) is 10.0 Å². The highest BCUT2D eigenvalue weighted by atomic mass is 32.2. The van der Waals surface area contributed by atoms with Gasteiger partial charge in [0.05, 0.1) is 15.9 Å². The average molecular weight is 296 g/mol. The molecule has 0 saturated carbocycles. The molecule has 108 valence electrons. The quantitative estimate of drug-likeness (QED) is 0.634. The third-order valence-corrected chi connectivity index (χ3v) is 4.98. The largest absolute Gasteiger partial charge is 0.323 e. The molecule has 1 aliphatic heterocycles. The second-order valence-electron chi connectivity index (χ2n) is 4.93. The molecule has 1 aromatic carbocycles. The standard InChI is InChI=1S/C12H16N4O3S/c17-12-14-10-2-1-9(7-11(10)15-12)20(18,19)16-8-3-5-13-6-4-8/h1-2,7-8,13,16H,3-6H2,(H2,14,15,17). The van der Waals surface area contributed by atoms with E-state index in [9.17, 15) is 13.2 Å². The Bertz CT molecular complexity index is 771. The van der Waals surface area contributed by atoms with Crippen molar-refractivity contribution in [2.75, 3.05) is 13.1 Å². The lowest BCUT2D eigenvalue weighted by atomic mass is 10.1. The van der Waals surface area contributed by atoms with E-state index >= 15 is 0 Å². The summed E-state index contributed by atoms with van der Waals surface area (Å²) in [4.78, 5) is 16.5. The molecule has 0 unspecified atom stereocenters. The Balaban J connectivity index is 1.89. The van der Waals surface area contributed by atoms with E-state index in [-0.39, 0.29) is 16.6 Å². The number of fused-ring (bicyclic) bond motifs is 1. The lowest BCUT2D eigenvalue weighted by Gasteiger charge is -2.23. The molecule has 2 heterocycles. The predicted octanol–water partition coefficient (Wildman–Crippen LogP) is -0.113. The van der Waals surface area contributed by atoms with Gasteiger partial charge in [-0.25, -0.2) is 17.9 Å². The van der Waals surface area contributed by atoms with Crippen LogP contribution in [0.2, 0.25) is 0 Å². The average Bonchev–Trinajstić information content (AvgIpc) is 2.78. The fraction of sp³-hybridized carbons (Fsp3) is 0.417. The topological polar surface area (TPSA) is 107 Å². The fourth-order valence-corrected chi connectivity index (χ4v) is 3.74. The summed E-state index contributed by atoms with van der Waals surface area (Å²) >= 11 is 0. The number of hydrogen-bond acceptors (Lipinski definition) is 4. The molecule has 1 aromatic heterocycles. The summed E-state index contributed by atoms with van der Waals surface area (Å²) in [6.07, 6.45) is 1.56. The summed E-state index contributed by atoms with van der Waals surface area (Å²) in [5, 5.41) is 3.19. The van der Waals surface area contributed by atoms with Crippen LogP contribution in [-0.2, 0) is 10.0 Å². The maximum Gasteiger partial charge on any atom is 0.323 e. The minimum atomic E-state index is -3.56. The Labute approximate surface area is 115 Å².